The van der Waals surface area contributed by atoms with Gasteiger partial charge in [-0.05, 0) is 29.0 Å². The molecule has 1 aromatic carbocycles. The van der Waals surface area contributed by atoms with Gasteiger partial charge in [0.2, 0.25) is 0 Å². The third kappa shape index (κ3) is 2.28. The summed E-state index contributed by atoms with van der Waals surface area (Å²) in [5.74, 6) is 0.828. The van der Waals surface area contributed by atoms with Crippen LogP contribution in [0.15, 0.2) is 18.2 Å². The lowest BCUT2D eigenvalue weighted by Gasteiger charge is -2.24. The zero-order chi connectivity index (χ0) is 10.1. The molecule has 0 aliphatic carbocycles. The van der Waals surface area contributed by atoms with Crippen molar-refractivity contribution in [2.75, 3.05) is 0 Å². The van der Waals surface area contributed by atoms with Crippen molar-refractivity contribution in [3.63, 3.8) is 0 Å². The molecule has 0 aliphatic heterocycles. The minimum absolute atomic E-state index is 0.226. The number of rotatable bonds is 1. The topological polar surface area (TPSA) is 0 Å². The van der Waals surface area contributed by atoms with Gasteiger partial charge in [0, 0.05) is 5.75 Å². The van der Waals surface area contributed by atoms with E-state index in [1.54, 1.807) is 0 Å². The summed E-state index contributed by atoms with van der Waals surface area (Å²) in [5.41, 5.74) is 4.41. The maximum atomic E-state index is 4.36. The lowest BCUT2D eigenvalue weighted by molar-refractivity contribution is 0.581. The van der Waals surface area contributed by atoms with Crippen LogP contribution in [-0.2, 0) is 11.2 Å². The molecule has 0 saturated carbocycles. The van der Waals surface area contributed by atoms with E-state index in [9.17, 15) is 0 Å². The van der Waals surface area contributed by atoms with Crippen molar-refractivity contribution in [3.05, 3.63) is 34.9 Å². The van der Waals surface area contributed by atoms with Gasteiger partial charge in [-0.3, -0.25) is 0 Å². The van der Waals surface area contributed by atoms with Gasteiger partial charge >= 0.3 is 0 Å². The van der Waals surface area contributed by atoms with Crippen LogP contribution in [0.5, 0.6) is 0 Å². The van der Waals surface area contributed by atoms with E-state index in [4.69, 9.17) is 0 Å². The first-order valence-corrected chi connectivity index (χ1v) is 5.30. The second-order valence-electron chi connectivity index (χ2n) is 4.52. The normalized spacial score (nSPS) is 11.8. The predicted molar refractivity (Wildman–Crippen MR) is 62.6 cm³/mol. The second-order valence-corrected chi connectivity index (χ2v) is 4.83. The highest BCUT2D eigenvalue weighted by Gasteiger charge is 2.18. The molecule has 0 aromatic heterocycles. The molecule has 13 heavy (non-hydrogen) atoms. The molecule has 0 N–H and O–H groups in total. The van der Waals surface area contributed by atoms with E-state index in [1.165, 1.54) is 16.7 Å². The number of hydrogen-bond donors (Lipinski definition) is 1. The summed E-state index contributed by atoms with van der Waals surface area (Å²) in [4.78, 5) is 0. The Bertz CT molecular complexity index is 294. The van der Waals surface area contributed by atoms with E-state index >= 15 is 0 Å². The fraction of sp³-hybridized carbons (Fsp3) is 0.500. The quantitative estimate of drug-likeness (QED) is 0.647. The molecule has 72 valence electrons. The fourth-order valence-corrected chi connectivity index (χ4v) is 2.20. The van der Waals surface area contributed by atoms with Gasteiger partial charge in [0.25, 0.3) is 0 Å². The molecule has 0 heterocycles. The van der Waals surface area contributed by atoms with Gasteiger partial charge in [0.1, 0.15) is 0 Å². The molecule has 0 bridgehead atoms. The Morgan fingerprint density at radius 1 is 1.23 bits per heavy atom. The SMILES string of the molecule is Cc1cccc(CS)c1C(C)(C)C. The zero-order valence-electron chi connectivity index (χ0n) is 8.89. The zero-order valence-corrected chi connectivity index (χ0v) is 9.78. The molecule has 0 fully saturated rings. The van der Waals surface area contributed by atoms with Gasteiger partial charge in [0.15, 0.2) is 0 Å². The highest BCUT2D eigenvalue weighted by Crippen LogP contribution is 2.29. The van der Waals surface area contributed by atoms with Gasteiger partial charge in [0.05, 0.1) is 0 Å². The Morgan fingerprint density at radius 2 is 1.85 bits per heavy atom. The summed E-state index contributed by atoms with van der Waals surface area (Å²) in [7, 11) is 0. The van der Waals surface area contributed by atoms with E-state index in [0.29, 0.717) is 0 Å². The molecule has 1 rings (SSSR count). The lowest BCUT2D eigenvalue weighted by atomic mass is 9.81. The van der Waals surface area contributed by atoms with Crippen molar-refractivity contribution in [3.8, 4) is 0 Å². The summed E-state index contributed by atoms with van der Waals surface area (Å²) >= 11 is 4.36. The Balaban J connectivity index is 3.32. The molecule has 0 saturated heterocycles. The number of benzene rings is 1. The molecule has 0 nitrogen and oxygen atoms in total. The van der Waals surface area contributed by atoms with Crippen LogP contribution < -0.4 is 0 Å². The van der Waals surface area contributed by atoms with Crippen LogP contribution in [0.3, 0.4) is 0 Å². The molecule has 0 aliphatic rings. The molecule has 1 heteroatoms. The van der Waals surface area contributed by atoms with Crippen molar-refractivity contribution in [1.82, 2.24) is 0 Å². The van der Waals surface area contributed by atoms with Gasteiger partial charge in [-0.15, -0.1) is 0 Å². The van der Waals surface area contributed by atoms with Crippen molar-refractivity contribution >= 4 is 12.6 Å². The molecule has 1 aromatic rings. The Morgan fingerprint density at radius 3 is 2.23 bits per heavy atom. The third-order valence-electron chi connectivity index (χ3n) is 2.28. The van der Waals surface area contributed by atoms with Crippen LogP contribution in [-0.4, -0.2) is 0 Å². The summed E-state index contributed by atoms with van der Waals surface area (Å²) in [5, 5.41) is 0. The lowest BCUT2D eigenvalue weighted by Crippen LogP contribution is -2.15. The van der Waals surface area contributed by atoms with E-state index in [1.807, 2.05) is 0 Å². The maximum absolute atomic E-state index is 4.36. The summed E-state index contributed by atoms with van der Waals surface area (Å²) in [6.45, 7) is 8.93. The van der Waals surface area contributed by atoms with Gasteiger partial charge in [-0.2, -0.15) is 12.6 Å². The van der Waals surface area contributed by atoms with Crippen LogP contribution in [0.1, 0.15) is 37.5 Å². The average Bonchev–Trinajstić information content (AvgIpc) is 2.01. The third-order valence-corrected chi connectivity index (χ3v) is 2.62. The van der Waals surface area contributed by atoms with Crippen LogP contribution in [0.2, 0.25) is 0 Å². The fourth-order valence-electron chi connectivity index (χ4n) is 1.93. The molecule has 0 unspecified atom stereocenters. The average molecular weight is 194 g/mol. The Hall–Kier alpha value is -0.430. The van der Waals surface area contributed by atoms with Crippen molar-refractivity contribution < 1.29 is 0 Å². The van der Waals surface area contributed by atoms with Crippen molar-refractivity contribution in [1.29, 1.82) is 0 Å². The first-order chi connectivity index (χ1) is 5.96. The summed E-state index contributed by atoms with van der Waals surface area (Å²) < 4.78 is 0. The van der Waals surface area contributed by atoms with Crippen LogP contribution >= 0.6 is 12.6 Å². The number of hydrogen-bond acceptors (Lipinski definition) is 1. The second kappa shape index (κ2) is 3.75. The number of aryl methyl sites for hydroxylation is 1. The van der Waals surface area contributed by atoms with Crippen LogP contribution in [0.25, 0.3) is 0 Å². The first kappa shape index (κ1) is 10.6. The monoisotopic (exact) mass is 194 g/mol. The molecular weight excluding hydrogens is 176 g/mol. The number of thiol groups is 1. The van der Waals surface area contributed by atoms with E-state index in [0.717, 1.165) is 5.75 Å². The molecule has 0 radical (unpaired) electrons. The van der Waals surface area contributed by atoms with Crippen LogP contribution in [0, 0.1) is 6.92 Å². The maximum Gasteiger partial charge on any atom is 0.0157 e. The molecule has 0 spiro atoms. The summed E-state index contributed by atoms with van der Waals surface area (Å²) in [6.07, 6.45) is 0. The minimum atomic E-state index is 0.226. The van der Waals surface area contributed by atoms with Crippen molar-refractivity contribution in [2.45, 2.75) is 38.9 Å². The first-order valence-electron chi connectivity index (χ1n) is 4.66. The standard InChI is InChI=1S/C12H18S/c1-9-6-5-7-10(8-13)11(9)12(2,3)4/h5-7,13H,8H2,1-4H3. The van der Waals surface area contributed by atoms with E-state index in [2.05, 4.69) is 58.5 Å². The smallest absolute Gasteiger partial charge is 0.0157 e. The van der Waals surface area contributed by atoms with E-state index < -0.39 is 0 Å². The molecule has 0 atom stereocenters. The summed E-state index contributed by atoms with van der Waals surface area (Å²) in [6, 6.07) is 6.45. The van der Waals surface area contributed by atoms with Crippen LogP contribution in [0.4, 0.5) is 0 Å². The highest BCUT2D eigenvalue weighted by atomic mass is 32.1. The Labute approximate surface area is 86.8 Å². The van der Waals surface area contributed by atoms with Gasteiger partial charge in [-0.1, -0.05) is 39.0 Å². The largest absolute Gasteiger partial charge is 0.175 e. The highest BCUT2D eigenvalue weighted by molar-refractivity contribution is 7.79. The Kier molecular flexibility index (Phi) is 3.07. The molecular formula is C12H18S. The molecule has 0 amide bonds. The van der Waals surface area contributed by atoms with Gasteiger partial charge in [-0.25, -0.2) is 0 Å². The van der Waals surface area contributed by atoms with Crippen molar-refractivity contribution in [2.24, 2.45) is 0 Å². The predicted octanol–water partition coefficient (Wildman–Crippen LogP) is 3.72. The minimum Gasteiger partial charge on any atom is -0.175 e. The van der Waals surface area contributed by atoms with Gasteiger partial charge < -0.3 is 0 Å². The van der Waals surface area contributed by atoms with E-state index in [-0.39, 0.29) is 5.41 Å².